The summed E-state index contributed by atoms with van der Waals surface area (Å²) in [4.78, 5) is 12.7. The topological polar surface area (TPSA) is 63.2 Å². The van der Waals surface area contributed by atoms with Gasteiger partial charge in [-0.25, -0.2) is 4.79 Å². The highest BCUT2D eigenvalue weighted by atomic mass is 16.5. The Morgan fingerprint density at radius 3 is 1.81 bits per heavy atom. The number of ether oxygens (including phenoxy) is 5. The molecule has 4 aromatic rings. The van der Waals surface area contributed by atoms with Crippen LogP contribution >= 0.6 is 0 Å². The van der Waals surface area contributed by atoms with Crippen molar-refractivity contribution in [2.24, 2.45) is 0 Å². The van der Waals surface area contributed by atoms with E-state index in [1.54, 1.807) is 21.3 Å². The van der Waals surface area contributed by atoms with E-state index < -0.39 is 11.6 Å². The Bertz CT molecular complexity index is 1400. The van der Waals surface area contributed by atoms with E-state index in [9.17, 15) is 4.79 Å². The minimum atomic E-state index is -0.976. The molecule has 0 atom stereocenters. The summed E-state index contributed by atoms with van der Waals surface area (Å²) >= 11 is 0. The van der Waals surface area contributed by atoms with Crippen molar-refractivity contribution in [2.45, 2.75) is 5.60 Å². The lowest BCUT2D eigenvalue weighted by Gasteiger charge is -2.37. The average Bonchev–Trinajstić information content (AvgIpc) is 2.95. The molecule has 4 aromatic carbocycles. The Morgan fingerprint density at radius 1 is 0.722 bits per heavy atom. The number of methoxy groups -OCH3 is 4. The van der Waals surface area contributed by atoms with Crippen LogP contribution in [0.4, 0.5) is 0 Å². The van der Waals surface area contributed by atoms with Crippen LogP contribution in [0, 0.1) is 0 Å². The average molecular weight is 483 g/mol. The SMILES string of the molecule is COC(=O)c1cc2ccc(OC)cc2c2c1C=CC(c1ccc(OC)cc1)(c1ccc(OC)cc1)O2. The molecule has 0 aromatic heterocycles. The Labute approximate surface area is 209 Å². The van der Waals surface area contributed by atoms with Gasteiger partial charge in [-0.05, 0) is 60.0 Å². The van der Waals surface area contributed by atoms with Crippen LogP contribution in [0.3, 0.4) is 0 Å². The molecule has 0 amide bonds. The first kappa shape index (κ1) is 23.3. The van der Waals surface area contributed by atoms with Crippen LogP contribution in [0.2, 0.25) is 0 Å². The smallest absolute Gasteiger partial charge is 0.338 e. The number of carbonyl (C=O) groups excluding carboxylic acids is 1. The van der Waals surface area contributed by atoms with Gasteiger partial charge in [0.1, 0.15) is 23.0 Å². The standard InChI is InChI=1S/C30H26O6/c1-32-22-11-6-20(7-12-22)30(21-8-13-23(33-2)14-9-21)16-15-25-27(29(31)35-4)17-19-5-10-24(34-3)18-26(19)28(25)36-30/h5-18H,1-4H3. The van der Waals surface area contributed by atoms with Crippen LogP contribution in [0.1, 0.15) is 27.0 Å². The van der Waals surface area contributed by atoms with Crippen LogP contribution in [-0.4, -0.2) is 34.4 Å². The van der Waals surface area contributed by atoms with Gasteiger partial charge < -0.3 is 23.7 Å². The van der Waals surface area contributed by atoms with Crippen LogP contribution in [0.15, 0.2) is 78.9 Å². The lowest BCUT2D eigenvalue weighted by atomic mass is 9.82. The summed E-state index contributed by atoms with van der Waals surface area (Å²) in [6.45, 7) is 0. The first-order valence-electron chi connectivity index (χ1n) is 11.4. The van der Waals surface area contributed by atoms with E-state index in [0.717, 1.165) is 33.4 Å². The molecule has 1 aliphatic rings. The second kappa shape index (κ2) is 9.30. The number of fused-ring (bicyclic) bond motifs is 3. The summed E-state index contributed by atoms with van der Waals surface area (Å²) in [5, 5.41) is 1.66. The van der Waals surface area contributed by atoms with Crippen molar-refractivity contribution in [1.82, 2.24) is 0 Å². The Hall–Kier alpha value is -4.45. The predicted octanol–water partition coefficient (Wildman–Crippen LogP) is 6.00. The van der Waals surface area contributed by atoms with Gasteiger partial charge in [0.2, 0.25) is 0 Å². The van der Waals surface area contributed by atoms with Crippen molar-refractivity contribution >= 4 is 22.8 Å². The molecule has 0 fully saturated rings. The quantitative estimate of drug-likeness (QED) is 0.314. The Balaban J connectivity index is 1.79. The van der Waals surface area contributed by atoms with Crippen molar-refractivity contribution in [3.05, 3.63) is 101 Å². The highest BCUT2D eigenvalue weighted by Gasteiger charge is 2.39. The fraction of sp³-hybridized carbons (Fsp3) is 0.167. The fourth-order valence-corrected chi connectivity index (χ4v) is 4.59. The van der Waals surface area contributed by atoms with Crippen molar-refractivity contribution in [3.8, 4) is 23.0 Å². The van der Waals surface area contributed by atoms with Gasteiger partial charge in [0.15, 0.2) is 5.60 Å². The summed E-state index contributed by atoms with van der Waals surface area (Å²) in [5.74, 6) is 2.31. The van der Waals surface area contributed by atoms with E-state index in [-0.39, 0.29) is 0 Å². The molecule has 0 bridgehead atoms. The van der Waals surface area contributed by atoms with Gasteiger partial charge in [0.05, 0.1) is 34.0 Å². The summed E-state index contributed by atoms with van der Waals surface area (Å²) in [6, 6.07) is 23.0. The van der Waals surface area contributed by atoms with Crippen LogP contribution in [0.25, 0.3) is 16.8 Å². The number of rotatable bonds is 6. The largest absolute Gasteiger partial charge is 0.497 e. The third kappa shape index (κ3) is 3.81. The first-order chi connectivity index (χ1) is 17.5. The first-order valence-corrected chi connectivity index (χ1v) is 11.4. The number of benzene rings is 4. The van der Waals surface area contributed by atoms with Gasteiger partial charge in [0, 0.05) is 22.1 Å². The molecular formula is C30H26O6. The highest BCUT2D eigenvalue weighted by Crippen LogP contribution is 2.47. The van der Waals surface area contributed by atoms with Gasteiger partial charge in [-0.2, -0.15) is 0 Å². The van der Waals surface area contributed by atoms with E-state index in [1.807, 2.05) is 84.9 Å². The Morgan fingerprint density at radius 2 is 1.28 bits per heavy atom. The molecule has 0 unspecified atom stereocenters. The highest BCUT2D eigenvalue weighted by molar-refractivity contribution is 6.04. The van der Waals surface area contributed by atoms with E-state index in [1.165, 1.54) is 7.11 Å². The van der Waals surface area contributed by atoms with Crippen molar-refractivity contribution in [2.75, 3.05) is 28.4 Å². The third-order valence-corrected chi connectivity index (χ3v) is 6.53. The fourth-order valence-electron chi connectivity index (χ4n) is 4.59. The molecular weight excluding hydrogens is 456 g/mol. The molecule has 1 aliphatic heterocycles. The number of hydrogen-bond donors (Lipinski definition) is 0. The maximum Gasteiger partial charge on any atom is 0.338 e. The van der Waals surface area contributed by atoms with Crippen LogP contribution in [-0.2, 0) is 10.3 Å². The zero-order valence-corrected chi connectivity index (χ0v) is 20.5. The van der Waals surface area contributed by atoms with Crippen molar-refractivity contribution < 1.29 is 28.5 Å². The van der Waals surface area contributed by atoms with E-state index >= 15 is 0 Å². The summed E-state index contributed by atoms with van der Waals surface area (Å²) < 4.78 is 28.3. The number of esters is 1. The van der Waals surface area contributed by atoms with Crippen molar-refractivity contribution in [1.29, 1.82) is 0 Å². The molecule has 1 heterocycles. The molecule has 0 saturated carbocycles. The molecule has 0 spiro atoms. The van der Waals surface area contributed by atoms with Gasteiger partial charge >= 0.3 is 5.97 Å². The zero-order valence-electron chi connectivity index (χ0n) is 20.5. The molecule has 0 radical (unpaired) electrons. The molecule has 0 aliphatic carbocycles. The predicted molar refractivity (Wildman–Crippen MR) is 138 cm³/mol. The van der Waals surface area contributed by atoms with Gasteiger partial charge in [-0.3, -0.25) is 0 Å². The van der Waals surface area contributed by atoms with E-state index in [4.69, 9.17) is 23.7 Å². The van der Waals surface area contributed by atoms with E-state index in [2.05, 4.69) is 0 Å². The monoisotopic (exact) mass is 482 g/mol. The minimum Gasteiger partial charge on any atom is -0.497 e. The van der Waals surface area contributed by atoms with Crippen LogP contribution in [0.5, 0.6) is 23.0 Å². The third-order valence-electron chi connectivity index (χ3n) is 6.53. The molecule has 5 rings (SSSR count). The lowest BCUT2D eigenvalue weighted by molar-refractivity contribution is 0.0599. The number of hydrogen-bond acceptors (Lipinski definition) is 6. The van der Waals surface area contributed by atoms with Crippen molar-refractivity contribution in [3.63, 3.8) is 0 Å². The molecule has 36 heavy (non-hydrogen) atoms. The maximum absolute atomic E-state index is 12.7. The second-order valence-electron chi connectivity index (χ2n) is 8.37. The lowest BCUT2D eigenvalue weighted by Crippen LogP contribution is -2.34. The Kier molecular flexibility index (Phi) is 6.02. The summed E-state index contributed by atoms with van der Waals surface area (Å²) in [5.41, 5.74) is 1.90. The van der Waals surface area contributed by atoms with Gasteiger partial charge in [0.25, 0.3) is 0 Å². The molecule has 0 N–H and O–H groups in total. The summed E-state index contributed by atoms with van der Waals surface area (Å²) in [7, 11) is 6.26. The van der Waals surface area contributed by atoms with Crippen LogP contribution < -0.4 is 18.9 Å². The second-order valence-corrected chi connectivity index (χ2v) is 8.37. The van der Waals surface area contributed by atoms with E-state index in [0.29, 0.717) is 22.6 Å². The van der Waals surface area contributed by atoms with Gasteiger partial charge in [-0.1, -0.05) is 30.3 Å². The minimum absolute atomic E-state index is 0.430. The zero-order chi connectivity index (χ0) is 25.3. The molecule has 0 saturated heterocycles. The summed E-state index contributed by atoms with van der Waals surface area (Å²) in [6.07, 6.45) is 3.90. The normalized spacial score (nSPS) is 13.4. The molecule has 6 nitrogen and oxygen atoms in total. The molecule has 182 valence electrons. The maximum atomic E-state index is 12.7. The number of carbonyl (C=O) groups is 1. The van der Waals surface area contributed by atoms with Gasteiger partial charge in [-0.15, -0.1) is 0 Å². The molecule has 6 heteroatoms.